The van der Waals surface area contributed by atoms with Crippen LogP contribution in [0.25, 0.3) is 0 Å². The number of Topliss-reactive ketones (excluding diaryl/α,β-unsaturated/α-hetero) is 1. The van der Waals surface area contributed by atoms with Crippen LogP contribution < -0.4 is 0 Å². The van der Waals surface area contributed by atoms with E-state index < -0.39 is 0 Å². The smallest absolute Gasteiger partial charge is 0.169 e. The molecule has 0 aliphatic carbocycles. The Balaban J connectivity index is 3.10. The molecule has 0 atom stereocenters. The number of hydrogen-bond donors (Lipinski definition) is 0. The van der Waals surface area contributed by atoms with Gasteiger partial charge in [-0.2, -0.15) is 0 Å². The topological polar surface area (TPSA) is 17.1 Å². The largest absolute Gasteiger partial charge is 0.294 e. The van der Waals surface area contributed by atoms with E-state index in [0.717, 1.165) is 10.0 Å². The summed E-state index contributed by atoms with van der Waals surface area (Å²) >= 11 is 3.37. The molecule has 0 N–H and O–H groups in total. The van der Waals surface area contributed by atoms with E-state index in [1.54, 1.807) is 0 Å². The van der Waals surface area contributed by atoms with Crippen molar-refractivity contribution < 1.29 is 4.79 Å². The minimum absolute atomic E-state index is 0.167. The van der Waals surface area contributed by atoms with Gasteiger partial charge in [0.1, 0.15) is 0 Å². The molecule has 0 fully saturated rings. The van der Waals surface area contributed by atoms with E-state index in [1.165, 1.54) is 0 Å². The first kappa shape index (κ1) is 10.5. The molecule has 0 saturated carbocycles. The first-order chi connectivity index (χ1) is 5.93. The van der Waals surface area contributed by atoms with Crippen molar-refractivity contribution in [2.24, 2.45) is 5.41 Å². The maximum absolute atomic E-state index is 11.9. The van der Waals surface area contributed by atoms with Crippen LogP contribution in [0.2, 0.25) is 0 Å². The van der Waals surface area contributed by atoms with Crippen molar-refractivity contribution >= 4 is 21.7 Å². The molecule has 0 radical (unpaired) electrons. The Labute approximate surface area is 87.3 Å². The van der Waals surface area contributed by atoms with Crippen molar-refractivity contribution in [3.05, 3.63) is 34.3 Å². The first-order valence-corrected chi connectivity index (χ1v) is 5.01. The third kappa shape index (κ3) is 2.41. The van der Waals surface area contributed by atoms with Crippen LogP contribution in [0.15, 0.2) is 28.7 Å². The van der Waals surface area contributed by atoms with E-state index in [2.05, 4.69) is 15.9 Å². The summed E-state index contributed by atoms with van der Waals surface area (Å²) in [5.74, 6) is 0.167. The Morgan fingerprint density at radius 2 is 1.77 bits per heavy atom. The average molecular weight is 241 g/mol. The summed E-state index contributed by atoms with van der Waals surface area (Å²) < 4.78 is 0.870. The lowest BCUT2D eigenvalue weighted by Crippen LogP contribution is -2.20. The third-order valence-electron chi connectivity index (χ3n) is 1.80. The lowest BCUT2D eigenvalue weighted by molar-refractivity contribution is 0.0857. The van der Waals surface area contributed by atoms with Crippen molar-refractivity contribution in [1.82, 2.24) is 0 Å². The highest BCUT2D eigenvalue weighted by Crippen LogP contribution is 2.25. The molecule has 0 aliphatic rings. The van der Waals surface area contributed by atoms with E-state index in [0.29, 0.717) is 0 Å². The molecule has 1 aromatic carbocycles. The molecule has 0 bridgehead atoms. The SMILES string of the molecule is CC(C)(C)C(=O)c1ccccc1Br. The quantitative estimate of drug-likeness (QED) is 0.685. The molecule has 0 heterocycles. The molecule has 0 spiro atoms. The van der Waals surface area contributed by atoms with E-state index >= 15 is 0 Å². The molecule has 0 aromatic heterocycles. The van der Waals surface area contributed by atoms with Gasteiger partial charge in [-0.1, -0.05) is 54.9 Å². The fourth-order valence-electron chi connectivity index (χ4n) is 1.05. The Bertz CT molecular complexity index is 323. The summed E-state index contributed by atoms with van der Waals surface area (Å²) in [5.41, 5.74) is 0.444. The number of ketones is 1. The third-order valence-corrected chi connectivity index (χ3v) is 2.49. The number of halogens is 1. The van der Waals surface area contributed by atoms with Crippen LogP contribution >= 0.6 is 15.9 Å². The van der Waals surface area contributed by atoms with Crippen molar-refractivity contribution in [2.45, 2.75) is 20.8 Å². The molecule has 0 amide bonds. The average Bonchev–Trinajstić information content (AvgIpc) is 2.02. The van der Waals surface area contributed by atoms with Gasteiger partial charge in [0, 0.05) is 15.5 Å². The number of carbonyl (C=O) groups excluding carboxylic acids is 1. The zero-order valence-electron chi connectivity index (χ0n) is 8.10. The van der Waals surface area contributed by atoms with Gasteiger partial charge < -0.3 is 0 Å². The molecule has 1 nitrogen and oxygen atoms in total. The van der Waals surface area contributed by atoms with Crippen LogP contribution in [-0.2, 0) is 0 Å². The number of hydrogen-bond acceptors (Lipinski definition) is 1. The van der Waals surface area contributed by atoms with Crippen LogP contribution in [0, 0.1) is 5.41 Å². The van der Waals surface area contributed by atoms with E-state index in [-0.39, 0.29) is 11.2 Å². The monoisotopic (exact) mass is 240 g/mol. The first-order valence-electron chi connectivity index (χ1n) is 4.22. The highest BCUT2D eigenvalue weighted by Gasteiger charge is 2.23. The standard InChI is InChI=1S/C11H13BrO/c1-11(2,3)10(13)8-6-4-5-7-9(8)12/h4-7H,1-3H3. The molecule has 1 rings (SSSR count). The molecular weight excluding hydrogens is 228 g/mol. The van der Waals surface area contributed by atoms with Gasteiger partial charge in [-0.05, 0) is 6.07 Å². The fourth-order valence-corrected chi connectivity index (χ4v) is 1.51. The van der Waals surface area contributed by atoms with Gasteiger partial charge in [0.2, 0.25) is 0 Å². The highest BCUT2D eigenvalue weighted by molar-refractivity contribution is 9.10. The van der Waals surface area contributed by atoms with Gasteiger partial charge >= 0.3 is 0 Å². The predicted molar refractivity (Wildman–Crippen MR) is 57.9 cm³/mol. The van der Waals surface area contributed by atoms with Gasteiger partial charge in [-0.25, -0.2) is 0 Å². The van der Waals surface area contributed by atoms with E-state index in [4.69, 9.17) is 0 Å². The maximum atomic E-state index is 11.9. The second kappa shape index (κ2) is 3.62. The van der Waals surface area contributed by atoms with Crippen molar-refractivity contribution in [3.63, 3.8) is 0 Å². The molecule has 13 heavy (non-hydrogen) atoms. The van der Waals surface area contributed by atoms with Gasteiger partial charge in [0.25, 0.3) is 0 Å². The lowest BCUT2D eigenvalue weighted by atomic mass is 9.87. The highest BCUT2D eigenvalue weighted by atomic mass is 79.9. The van der Waals surface area contributed by atoms with Crippen molar-refractivity contribution in [3.8, 4) is 0 Å². The van der Waals surface area contributed by atoms with Gasteiger partial charge in [-0.3, -0.25) is 4.79 Å². The normalized spacial score (nSPS) is 11.4. The minimum Gasteiger partial charge on any atom is -0.294 e. The molecule has 0 aliphatic heterocycles. The Morgan fingerprint density at radius 3 is 2.23 bits per heavy atom. The number of benzene rings is 1. The predicted octanol–water partition coefficient (Wildman–Crippen LogP) is 3.68. The molecular formula is C11H13BrO. The molecule has 0 unspecified atom stereocenters. The van der Waals surface area contributed by atoms with Crippen LogP contribution in [0.5, 0.6) is 0 Å². The Morgan fingerprint density at radius 1 is 1.23 bits per heavy atom. The van der Waals surface area contributed by atoms with Gasteiger partial charge in [0.05, 0.1) is 0 Å². The van der Waals surface area contributed by atoms with Gasteiger partial charge in [0.15, 0.2) is 5.78 Å². The summed E-state index contributed by atoms with van der Waals surface area (Å²) in [5, 5.41) is 0. The van der Waals surface area contributed by atoms with Crippen LogP contribution in [-0.4, -0.2) is 5.78 Å². The van der Waals surface area contributed by atoms with Crippen molar-refractivity contribution in [1.29, 1.82) is 0 Å². The van der Waals surface area contributed by atoms with Crippen molar-refractivity contribution in [2.75, 3.05) is 0 Å². The fraction of sp³-hybridized carbons (Fsp3) is 0.364. The summed E-state index contributed by atoms with van der Waals surface area (Å²) in [4.78, 5) is 11.9. The number of carbonyl (C=O) groups is 1. The maximum Gasteiger partial charge on any atom is 0.169 e. The van der Waals surface area contributed by atoms with Crippen LogP contribution in [0.3, 0.4) is 0 Å². The summed E-state index contributed by atoms with van der Waals surface area (Å²) in [6.45, 7) is 5.78. The second-order valence-corrected chi connectivity index (χ2v) is 4.91. The zero-order valence-corrected chi connectivity index (χ0v) is 9.68. The van der Waals surface area contributed by atoms with Gasteiger partial charge in [-0.15, -0.1) is 0 Å². The molecule has 2 heteroatoms. The lowest BCUT2D eigenvalue weighted by Gasteiger charge is -2.17. The Hall–Kier alpha value is -0.630. The summed E-state index contributed by atoms with van der Waals surface area (Å²) in [6, 6.07) is 7.52. The second-order valence-electron chi connectivity index (χ2n) is 4.06. The summed E-state index contributed by atoms with van der Waals surface area (Å²) in [6.07, 6.45) is 0. The minimum atomic E-state index is -0.316. The molecule has 0 saturated heterocycles. The zero-order chi connectivity index (χ0) is 10.1. The Kier molecular flexibility index (Phi) is 2.91. The molecule has 70 valence electrons. The van der Waals surface area contributed by atoms with E-state index in [9.17, 15) is 4.79 Å². The van der Waals surface area contributed by atoms with Crippen LogP contribution in [0.1, 0.15) is 31.1 Å². The number of rotatable bonds is 1. The molecule has 1 aromatic rings. The van der Waals surface area contributed by atoms with E-state index in [1.807, 2.05) is 45.0 Å². The summed E-state index contributed by atoms with van der Waals surface area (Å²) in [7, 11) is 0. The van der Waals surface area contributed by atoms with Crippen LogP contribution in [0.4, 0.5) is 0 Å².